The van der Waals surface area contributed by atoms with Crippen LogP contribution >= 0.6 is 0 Å². The average Bonchev–Trinajstić information content (AvgIpc) is 2.89. The van der Waals surface area contributed by atoms with Crippen LogP contribution in [0.25, 0.3) is 22.8 Å². The highest BCUT2D eigenvalue weighted by Crippen LogP contribution is 2.24. The molecule has 0 radical (unpaired) electrons. The molecule has 3 rings (SSSR count). The molecule has 0 bridgehead atoms. The molecular weight excluding hydrogens is 259 g/mol. The van der Waals surface area contributed by atoms with E-state index in [0.717, 1.165) is 11.1 Å². The summed E-state index contributed by atoms with van der Waals surface area (Å²) in [5.74, 6) is 0.881. The molecule has 0 saturated carbocycles. The van der Waals surface area contributed by atoms with Gasteiger partial charge in [0.05, 0.1) is 5.56 Å². The lowest BCUT2D eigenvalue weighted by Gasteiger charge is -1.99. The summed E-state index contributed by atoms with van der Waals surface area (Å²) in [6.45, 7) is 1.79. The van der Waals surface area contributed by atoms with E-state index in [1.807, 2.05) is 0 Å². The number of rotatable bonds is 2. The van der Waals surface area contributed by atoms with Crippen LogP contribution in [-0.2, 0) is 0 Å². The highest BCUT2D eigenvalue weighted by molar-refractivity contribution is 5.62. The lowest BCUT2D eigenvalue weighted by Crippen LogP contribution is -1.89. The molecule has 3 aromatic rings. The number of nitrogens with zero attached hydrogens (tertiary/aromatic N) is 3. The van der Waals surface area contributed by atoms with Gasteiger partial charge < -0.3 is 10.3 Å². The van der Waals surface area contributed by atoms with Crippen molar-refractivity contribution in [3.63, 3.8) is 0 Å². The van der Waals surface area contributed by atoms with E-state index >= 15 is 0 Å². The maximum atomic E-state index is 13.1. The molecule has 20 heavy (non-hydrogen) atoms. The van der Waals surface area contributed by atoms with Crippen molar-refractivity contribution < 1.29 is 8.91 Å². The first-order chi connectivity index (χ1) is 9.63. The van der Waals surface area contributed by atoms with Gasteiger partial charge in [0.1, 0.15) is 11.6 Å². The fourth-order valence-corrected chi connectivity index (χ4v) is 1.86. The topological polar surface area (TPSA) is 77.8 Å². The fraction of sp³-hybridized carbons (Fsp3) is 0.0714. The standard InChI is InChI=1S/C14H11FN4O/c1-8-6-10(15)3-4-11(8)13-18-14(20-19-13)9-2-5-12(16)17-7-9/h2-7H,1H3,(H2,16,17). The second-order valence-corrected chi connectivity index (χ2v) is 4.35. The Hall–Kier alpha value is -2.76. The van der Waals surface area contributed by atoms with Gasteiger partial charge in [0, 0.05) is 11.8 Å². The Morgan fingerprint density at radius 1 is 1.20 bits per heavy atom. The van der Waals surface area contributed by atoms with Crippen molar-refractivity contribution >= 4 is 5.82 Å². The molecule has 2 aromatic heterocycles. The summed E-state index contributed by atoms with van der Waals surface area (Å²) in [6.07, 6.45) is 1.56. The van der Waals surface area contributed by atoms with Gasteiger partial charge in [-0.25, -0.2) is 9.37 Å². The summed E-state index contributed by atoms with van der Waals surface area (Å²) < 4.78 is 18.3. The zero-order chi connectivity index (χ0) is 14.1. The van der Waals surface area contributed by atoms with Gasteiger partial charge in [-0.05, 0) is 42.8 Å². The second kappa shape index (κ2) is 4.73. The van der Waals surface area contributed by atoms with Crippen molar-refractivity contribution in [2.75, 3.05) is 5.73 Å². The normalized spacial score (nSPS) is 10.7. The molecule has 0 spiro atoms. The van der Waals surface area contributed by atoms with Crippen molar-refractivity contribution in [2.45, 2.75) is 6.92 Å². The van der Waals surface area contributed by atoms with Crippen molar-refractivity contribution in [3.8, 4) is 22.8 Å². The molecule has 0 aliphatic rings. The van der Waals surface area contributed by atoms with Crippen molar-refractivity contribution in [2.24, 2.45) is 0 Å². The van der Waals surface area contributed by atoms with E-state index in [1.165, 1.54) is 12.1 Å². The Morgan fingerprint density at radius 2 is 2.05 bits per heavy atom. The van der Waals surface area contributed by atoms with Crippen LogP contribution in [0.15, 0.2) is 41.1 Å². The maximum absolute atomic E-state index is 13.1. The van der Waals surface area contributed by atoms with Crippen LogP contribution in [0.2, 0.25) is 0 Å². The summed E-state index contributed by atoms with van der Waals surface area (Å²) in [7, 11) is 0. The molecule has 5 nitrogen and oxygen atoms in total. The lowest BCUT2D eigenvalue weighted by molar-refractivity contribution is 0.432. The number of hydrogen-bond donors (Lipinski definition) is 1. The minimum Gasteiger partial charge on any atom is -0.384 e. The van der Waals surface area contributed by atoms with Gasteiger partial charge in [-0.3, -0.25) is 0 Å². The van der Waals surface area contributed by atoms with Crippen molar-refractivity contribution in [3.05, 3.63) is 47.9 Å². The number of nitrogen functional groups attached to an aromatic ring is 1. The zero-order valence-corrected chi connectivity index (χ0v) is 10.7. The third-order valence-electron chi connectivity index (χ3n) is 2.89. The van der Waals surface area contributed by atoms with Crippen LogP contribution in [0.4, 0.5) is 10.2 Å². The fourth-order valence-electron chi connectivity index (χ4n) is 1.86. The molecule has 100 valence electrons. The van der Waals surface area contributed by atoms with E-state index in [9.17, 15) is 4.39 Å². The molecular formula is C14H11FN4O. The van der Waals surface area contributed by atoms with E-state index in [-0.39, 0.29) is 5.82 Å². The molecule has 0 saturated heterocycles. The SMILES string of the molecule is Cc1cc(F)ccc1-c1noc(-c2ccc(N)nc2)n1. The number of hydrogen-bond acceptors (Lipinski definition) is 5. The average molecular weight is 270 g/mol. The van der Waals surface area contributed by atoms with Crippen LogP contribution in [-0.4, -0.2) is 15.1 Å². The summed E-state index contributed by atoms with van der Waals surface area (Å²) in [6, 6.07) is 7.82. The number of aromatic nitrogens is 3. The van der Waals surface area contributed by atoms with Gasteiger partial charge in [-0.15, -0.1) is 0 Å². The van der Waals surface area contributed by atoms with Crippen molar-refractivity contribution in [1.29, 1.82) is 0 Å². The van der Waals surface area contributed by atoms with Crippen LogP contribution < -0.4 is 5.73 Å². The highest BCUT2D eigenvalue weighted by atomic mass is 19.1. The Balaban J connectivity index is 1.99. The Bertz CT molecular complexity index is 752. The summed E-state index contributed by atoms with van der Waals surface area (Å²) in [5.41, 5.74) is 7.67. The smallest absolute Gasteiger partial charge is 0.259 e. The predicted molar refractivity (Wildman–Crippen MR) is 72.1 cm³/mol. The first-order valence-electron chi connectivity index (χ1n) is 5.95. The second-order valence-electron chi connectivity index (χ2n) is 4.35. The Morgan fingerprint density at radius 3 is 2.75 bits per heavy atom. The molecule has 0 aliphatic heterocycles. The third-order valence-corrected chi connectivity index (χ3v) is 2.89. The Labute approximate surface area is 114 Å². The third kappa shape index (κ3) is 2.23. The van der Waals surface area contributed by atoms with Gasteiger partial charge in [-0.1, -0.05) is 5.16 Å². The molecule has 2 N–H and O–H groups in total. The number of benzene rings is 1. The molecule has 1 aromatic carbocycles. The van der Waals surface area contributed by atoms with Crippen LogP contribution in [0.5, 0.6) is 0 Å². The highest BCUT2D eigenvalue weighted by Gasteiger charge is 2.13. The predicted octanol–water partition coefficient (Wildman–Crippen LogP) is 2.83. The molecule has 2 heterocycles. The Kier molecular flexibility index (Phi) is 2.90. The summed E-state index contributed by atoms with van der Waals surface area (Å²) >= 11 is 0. The first-order valence-corrected chi connectivity index (χ1v) is 5.95. The monoisotopic (exact) mass is 270 g/mol. The minimum absolute atomic E-state index is 0.294. The van der Waals surface area contributed by atoms with E-state index in [0.29, 0.717) is 23.1 Å². The molecule has 0 amide bonds. The van der Waals surface area contributed by atoms with Gasteiger partial charge in [-0.2, -0.15) is 4.98 Å². The van der Waals surface area contributed by atoms with E-state index in [1.54, 1.807) is 31.3 Å². The molecule has 0 fully saturated rings. The number of anilines is 1. The number of halogens is 1. The number of aryl methyl sites for hydroxylation is 1. The quantitative estimate of drug-likeness (QED) is 0.774. The van der Waals surface area contributed by atoms with E-state index in [2.05, 4.69) is 15.1 Å². The molecule has 0 atom stereocenters. The first kappa shape index (κ1) is 12.3. The van der Waals surface area contributed by atoms with Gasteiger partial charge in [0.2, 0.25) is 5.82 Å². The number of nitrogens with two attached hydrogens (primary N) is 1. The summed E-state index contributed by atoms with van der Waals surface area (Å²) in [5, 5.41) is 3.91. The zero-order valence-electron chi connectivity index (χ0n) is 10.7. The van der Waals surface area contributed by atoms with Gasteiger partial charge in [0.15, 0.2) is 0 Å². The molecule has 0 aliphatic carbocycles. The van der Waals surface area contributed by atoms with Crippen LogP contribution in [0.3, 0.4) is 0 Å². The van der Waals surface area contributed by atoms with Crippen LogP contribution in [0.1, 0.15) is 5.56 Å². The number of pyridine rings is 1. The summed E-state index contributed by atoms with van der Waals surface area (Å²) in [4.78, 5) is 8.26. The maximum Gasteiger partial charge on any atom is 0.259 e. The lowest BCUT2D eigenvalue weighted by atomic mass is 10.1. The minimum atomic E-state index is -0.294. The largest absolute Gasteiger partial charge is 0.384 e. The van der Waals surface area contributed by atoms with Crippen LogP contribution in [0, 0.1) is 12.7 Å². The molecule has 0 unspecified atom stereocenters. The van der Waals surface area contributed by atoms with Gasteiger partial charge >= 0.3 is 0 Å². The van der Waals surface area contributed by atoms with E-state index in [4.69, 9.17) is 10.3 Å². The van der Waals surface area contributed by atoms with Gasteiger partial charge in [0.25, 0.3) is 5.89 Å². The van der Waals surface area contributed by atoms with Crippen molar-refractivity contribution in [1.82, 2.24) is 15.1 Å². The van der Waals surface area contributed by atoms with E-state index < -0.39 is 0 Å². The molecule has 6 heteroatoms.